The highest BCUT2D eigenvalue weighted by Crippen LogP contribution is 2.22. The minimum atomic E-state index is -1.09. The van der Waals surface area contributed by atoms with E-state index in [-0.39, 0.29) is 16.6 Å². The van der Waals surface area contributed by atoms with Crippen molar-refractivity contribution in [2.75, 3.05) is 0 Å². The number of nitrogens with one attached hydrogen (secondary N) is 1. The summed E-state index contributed by atoms with van der Waals surface area (Å²) >= 11 is 3.52. The van der Waals surface area contributed by atoms with Gasteiger partial charge in [-0.25, -0.2) is 18.0 Å². The van der Waals surface area contributed by atoms with E-state index < -0.39 is 11.0 Å². The van der Waals surface area contributed by atoms with Crippen molar-refractivity contribution in [3.63, 3.8) is 0 Å². The fourth-order valence-electron chi connectivity index (χ4n) is 2.16. The van der Waals surface area contributed by atoms with Crippen LogP contribution in [0.3, 0.4) is 0 Å². The Morgan fingerprint density at radius 1 is 1.33 bits per heavy atom. The molecule has 0 aliphatic carbocycles. The minimum absolute atomic E-state index is 0.105. The van der Waals surface area contributed by atoms with Crippen LogP contribution in [0.2, 0.25) is 0 Å². The van der Waals surface area contributed by atoms with Gasteiger partial charge in [-0.15, -0.1) is 0 Å². The summed E-state index contributed by atoms with van der Waals surface area (Å²) < 4.78 is 30.8. The third-order valence-electron chi connectivity index (χ3n) is 3.57. The second-order valence-electron chi connectivity index (χ2n) is 6.77. The molecule has 0 bridgehead atoms. The standard InChI is InChI=1S/C17H23BrFN3OS/c1-12(21-24(23)17(2,3)4)5-10-16-15(18)11-20-22(16)14-8-6-13(19)7-9-14/h6-9,11-12,21H,5,10H2,1-4H3/t12-,24-/m0/s1. The molecule has 1 heterocycles. The number of benzene rings is 1. The van der Waals surface area contributed by atoms with Gasteiger partial charge in [-0.3, -0.25) is 0 Å². The van der Waals surface area contributed by atoms with E-state index in [1.165, 1.54) is 12.1 Å². The number of hydrogen-bond acceptors (Lipinski definition) is 2. The molecular weight excluding hydrogens is 393 g/mol. The number of hydrogen-bond donors (Lipinski definition) is 1. The third-order valence-corrected chi connectivity index (χ3v) is 5.96. The molecule has 1 aromatic carbocycles. The largest absolute Gasteiger partial charge is 0.242 e. The van der Waals surface area contributed by atoms with Gasteiger partial charge in [0.1, 0.15) is 5.82 Å². The zero-order chi connectivity index (χ0) is 17.9. The molecule has 0 radical (unpaired) electrons. The average Bonchev–Trinajstić information content (AvgIpc) is 2.86. The van der Waals surface area contributed by atoms with Gasteiger partial charge in [-0.05, 0) is 80.7 Å². The van der Waals surface area contributed by atoms with Crippen molar-refractivity contribution in [2.24, 2.45) is 0 Å². The van der Waals surface area contributed by atoms with E-state index in [1.54, 1.807) is 23.0 Å². The molecule has 0 fully saturated rings. The van der Waals surface area contributed by atoms with E-state index in [4.69, 9.17) is 0 Å². The highest BCUT2D eigenvalue weighted by molar-refractivity contribution is 9.10. The number of halogens is 2. The normalized spacial score (nSPS) is 14.6. The first-order valence-corrected chi connectivity index (χ1v) is 9.79. The van der Waals surface area contributed by atoms with Crippen molar-refractivity contribution >= 4 is 26.9 Å². The lowest BCUT2D eigenvalue weighted by Crippen LogP contribution is -2.38. The summed E-state index contributed by atoms with van der Waals surface area (Å²) in [7, 11) is -1.09. The Kier molecular flexibility index (Phi) is 6.33. The Balaban J connectivity index is 2.07. The van der Waals surface area contributed by atoms with Gasteiger partial charge in [-0.1, -0.05) is 0 Å². The molecule has 2 aromatic rings. The van der Waals surface area contributed by atoms with E-state index in [0.29, 0.717) is 0 Å². The van der Waals surface area contributed by atoms with Gasteiger partial charge < -0.3 is 0 Å². The maximum Gasteiger partial charge on any atom is 0.123 e. The molecule has 4 nitrogen and oxygen atoms in total. The van der Waals surface area contributed by atoms with Crippen LogP contribution >= 0.6 is 15.9 Å². The fraction of sp³-hybridized carbons (Fsp3) is 0.471. The molecule has 0 aliphatic heterocycles. The second kappa shape index (κ2) is 7.89. The lowest BCUT2D eigenvalue weighted by atomic mass is 10.1. The molecule has 0 aliphatic rings. The zero-order valence-electron chi connectivity index (χ0n) is 14.3. The van der Waals surface area contributed by atoms with E-state index in [9.17, 15) is 8.60 Å². The fourth-order valence-corrected chi connectivity index (χ4v) is 3.45. The summed E-state index contributed by atoms with van der Waals surface area (Å²) in [4.78, 5) is 0. The van der Waals surface area contributed by atoms with Crippen molar-refractivity contribution in [1.29, 1.82) is 0 Å². The van der Waals surface area contributed by atoms with Crippen molar-refractivity contribution in [3.8, 4) is 5.69 Å². The molecule has 7 heteroatoms. The van der Waals surface area contributed by atoms with Gasteiger partial charge in [0.15, 0.2) is 0 Å². The molecule has 1 N–H and O–H groups in total. The molecule has 0 spiro atoms. The third kappa shape index (κ3) is 4.97. The SMILES string of the molecule is C[C@@H](CCc1c(Br)cnn1-c1ccc(F)cc1)N[S@@](=O)C(C)(C)C. The van der Waals surface area contributed by atoms with Crippen LogP contribution in [-0.2, 0) is 17.4 Å². The Morgan fingerprint density at radius 2 is 1.96 bits per heavy atom. The maximum atomic E-state index is 13.1. The molecule has 0 saturated carbocycles. The van der Waals surface area contributed by atoms with Gasteiger partial charge in [0.25, 0.3) is 0 Å². The summed E-state index contributed by atoms with van der Waals surface area (Å²) in [5, 5.41) is 4.36. The molecule has 0 saturated heterocycles. The summed E-state index contributed by atoms with van der Waals surface area (Å²) in [5.74, 6) is -0.269. The first kappa shape index (κ1) is 19.3. The Bertz CT molecular complexity index is 710. The number of nitrogens with zero attached hydrogens (tertiary/aromatic N) is 2. The first-order valence-electron chi connectivity index (χ1n) is 7.85. The smallest absolute Gasteiger partial charge is 0.123 e. The van der Waals surface area contributed by atoms with E-state index in [2.05, 4.69) is 25.8 Å². The maximum absolute atomic E-state index is 13.1. The number of aromatic nitrogens is 2. The Labute approximate surface area is 153 Å². The highest BCUT2D eigenvalue weighted by Gasteiger charge is 2.21. The molecule has 2 atom stereocenters. The van der Waals surface area contributed by atoms with Crippen molar-refractivity contribution < 1.29 is 8.60 Å². The monoisotopic (exact) mass is 415 g/mol. The van der Waals surface area contributed by atoms with Crippen LogP contribution in [0, 0.1) is 5.82 Å². The summed E-state index contributed by atoms with van der Waals surface area (Å²) in [6.07, 6.45) is 3.31. The zero-order valence-corrected chi connectivity index (χ0v) is 16.7. The molecule has 0 amide bonds. The van der Waals surface area contributed by atoms with Crippen LogP contribution in [0.15, 0.2) is 34.9 Å². The highest BCUT2D eigenvalue weighted by atomic mass is 79.9. The molecule has 132 valence electrons. The molecule has 24 heavy (non-hydrogen) atoms. The van der Waals surface area contributed by atoms with Gasteiger partial charge in [0.2, 0.25) is 0 Å². The Morgan fingerprint density at radius 3 is 2.54 bits per heavy atom. The van der Waals surface area contributed by atoms with Gasteiger partial charge in [-0.2, -0.15) is 5.10 Å². The van der Waals surface area contributed by atoms with E-state index in [0.717, 1.165) is 28.7 Å². The van der Waals surface area contributed by atoms with Crippen molar-refractivity contribution in [1.82, 2.24) is 14.5 Å². The summed E-state index contributed by atoms with van der Waals surface area (Å²) in [6.45, 7) is 7.87. The van der Waals surface area contributed by atoms with Gasteiger partial charge in [0, 0.05) is 6.04 Å². The second-order valence-corrected chi connectivity index (χ2v) is 9.62. The van der Waals surface area contributed by atoms with Crippen molar-refractivity contribution in [2.45, 2.75) is 51.3 Å². The quantitative estimate of drug-likeness (QED) is 0.769. The van der Waals surface area contributed by atoms with E-state index >= 15 is 0 Å². The lowest BCUT2D eigenvalue weighted by molar-refractivity contribution is 0.573. The van der Waals surface area contributed by atoms with Crippen LogP contribution in [0.4, 0.5) is 4.39 Å². The first-order chi connectivity index (χ1) is 11.2. The van der Waals surface area contributed by atoms with E-state index in [1.807, 2.05) is 27.7 Å². The predicted molar refractivity (Wildman–Crippen MR) is 100 cm³/mol. The Hall–Kier alpha value is -1.05. The van der Waals surface area contributed by atoms with Gasteiger partial charge >= 0.3 is 0 Å². The predicted octanol–water partition coefficient (Wildman–Crippen LogP) is 4.15. The average molecular weight is 416 g/mol. The summed E-state index contributed by atoms with van der Waals surface area (Å²) in [5.41, 5.74) is 1.83. The van der Waals surface area contributed by atoms with Crippen LogP contribution in [-0.4, -0.2) is 24.8 Å². The van der Waals surface area contributed by atoms with Crippen LogP contribution in [0.1, 0.15) is 39.8 Å². The van der Waals surface area contributed by atoms with Crippen LogP contribution in [0.25, 0.3) is 5.69 Å². The molecular formula is C17H23BrFN3OS. The topological polar surface area (TPSA) is 46.9 Å². The number of rotatable bonds is 6. The van der Waals surface area contributed by atoms with Crippen molar-refractivity contribution in [3.05, 3.63) is 46.4 Å². The molecule has 0 unspecified atom stereocenters. The van der Waals surface area contributed by atoms with Gasteiger partial charge in [0.05, 0.1) is 37.8 Å². The lowest BCUT2D eigenvalue weighted by Gasteiger charge is -2.22. The summed E-state index contributed by atoms with van der Waals surface area (Å²) in [6, 6.07) is 6.36. The van der Waals surface area contributed by atoms with Crippen LogP contribution in [0.5, 0.6) is 0 Å². The van der Waals surface area contributed by atoms with Crippen LogP contribution < -0.4 is 4.72 Å². The molecule has 1 aromatic heterocycles. The molecule has 2 rings (SSSR count). The minimum Gasteiger partial charge on any atom is -0.242 e.